The topological polar surface area (TPSA) is 63.9 Å². The Kier molecular flexibility index (Phi) is 5.93. The van der Waals surface area contributed by atoms with Gasteiger partial charge in [0.1, 0.15) is 0 Å². The van der Waals surface area contributed by atoms with E-state index in [1.807, 2.05) is 66.8 Å². The Hall–Kier alpha value is -2.97. The molecular weight excluding hydrogens is 430 g/mol. The van der Waals surface area contributed by atoms with Crippen LogP contribution in [0.4, 0.5) is 5.69 Å². The van der Waals surface area contributed by atoms with E-state index < -0.39 is 12.0 Å². The number of fused-ring (bicyclic) bond motifs is 1. The van der Waals surface area contributed by atoms with Gasteiger partial charge in [0, 0.05) is 24.7 Å². The molecule has 0 bridgehead atoms. The molecule has 2 aromatic heterocycles. The van der Waals surface area contributed by atoms with Gasteiger partial charge in [-0.25, -0.2) is 9.79 Å². The number of ether oxygens (including phenoxy) is 1. The molecule has 6 nitrogen and oxygen atoms in total. The number of hydrogen-bond acceptors (Lipinski definition) is 7. The molecule has 4 rings (SSSR count). The maximum absolute atomic E-state index is 13.4. The van der Waals surface area contributed by atoms with E-state index in [2.05, 4.69) is 4.99 Å². The van der Waals surface area contributed by atoms with Crippen molar-refractivity contribution >= 4 is 40.4 Å². The van der Waals surface area contributed by atoms with Gasteiger partial charge in [-0.3, -0.25) is 9.36 Å². The molecule has 0 aliphatic carbocycles. The molecule has 1 aromatic carbocycles. The van der Waals surface area contributed by atoms with E-state index in [0.717, 1.165) is 16.1 Å². The van der Waals surface area contributed by atoms with E-state index in [0.29, 0.717) is 20.6 Å². The molecular formula is C23H23N3O3S2. The third-order valence-electron chi connectivity index (χ3n) is 5.06. The second-order valence-electron chi connectivity index (χ2n) is 7.30. The SMILES string of the molecule is CCOC(=O)C1=C(C)N=c2s/c(=C/c3cccs3)c(=O)n2C1c1ccc(N(C)C)cc1. The maximum Gasteiger partial charge on any atom is 0.338 e. The predicted molar refractivity (Wildman–Crippen MR) is 125 cm³/mol. The summed E-state index contributed by atoms with van der Waals surface area (Å²) in [4.78, 5) is 34.5. The van der Waals surface area contributed by atoms with Crippen LogP contribution in [0.25, 0.3) is 6.08 Å². The zero-order valence-electron chi connectivity index (χ0n) is 17.8. The van der Waals surface area contributed by atoms with Crippen LogP contribution in [0.5, 0.6) is 0 Å². The first-order valence-electron chi connectivity index (χ1n) is 9.91. The van der Waals surface area contributed by atoms with Gasteiger partial charge < -0.3 is 9.64 Å². The van der Waals surface area contributed by atoms with E-state index in [-0.39, 0.29) is 12.2 Å². The fourth-order valence-electron chi connectivity index (χ4n) is 3.56. The fraction of sp³-hybridized carbons (Fsp3) is 0.261. The number of carbonyl (C=O) groups is 1. The number of aromatic nitrogens is 1. The molecule has 0 amide bonds. The van der Waals surface area contributed by atoms with Crippen LogP contribution in [0.15, 0.2) is 62.8 Å². The van der Waals surface area contributed by atoms with Crippen LogP contribution in [-0.2, 0) is 9.53 Å². The summed E-state index contributed by atoms with van der Waals surface area (Å²) >= 11 is 2.91. The lowest BCUT2D eigenvalue weighted by molar-refractivity contribution is -0.139. The quantitative estimate of drug-likeness (QED) is 0.558. The summed E-state index contributed by atoms with van der Waals surface area (Å²) in [5, 5.41) is 1.97. The van der Waals surface area contributed by atoms with Crippen molar-refractivity contribution < 1.29 is 9.53 Å². The summed E-state index contributed by atoms with van der Waals surface area (Å²) in [5.41, 5.74) is 2.69. The Morgan fingerprint density at radius 3 is 2.61 bits per heavy atom. The number of esters is 1. The van der Waals surface area contributed by atoms with Crippen LogP contribution in [-0.4, -0.2) is 31.2 Å². The van der Waals surface area contributed by atoms with Crippen molar-refractivity contribution in [3.8, 4) is 0 Å². The average molecular weight is 454 g/mol. The van der Waals surface area contributed by atoms with Gasteiger partial charge in [0.05, 0.1) is 28.5 Å². The summed E-state index contributed by atoms with van der Waals surface area (Å²) < 4.78 is 7.54. The van der Waals surface area contributed by atoms with Gasteiger partial charge in [0.15, 0.2) is 4.80 Å². The van der Waals surface area contributed by atoms with Crippen molar-refractivity contribution in [3.05, 3.63) is 83.2 Å². The van der Waals surface area contributed by atoms with E-state index in [9.17, 15) is 9.59 Å². The molecule has 160 valence electrons. The minimum Gasteiger partial charge on any atom is -0.463 e. The van der Waals surface area contributed by atoms with E-state index in [1.165, 1.54) is 11.3 Å². The predicted octanol–water partition coefficient (Wildman–Crippen LogP) is 2.93. The van der Waals surface area contributed by atoms with Crippen molar-refractivity contribution in [2.75, 3.05) is 25.6 Å². The van der Waals surface area contributed by atoms with Gasteiger partial charge in [-0.15, -0.1) is 11.3 Å². The second-order valence-corrected chi connectivity index (χ2v) is 9.29. The number of thiazole rings is 1. The van der Waals surface area contributed by atoms with Crippen molar-refractivity contribution in [2.24, 2.45) is 4.99 Å². The number of thiophene rings is 1. The van der Waals surface area contributed by atoms with Gasteiger partial charge in [0.2, 0.25) is 0 Å². The molecule has 0 N–H and O–H groups in total. The van der Waals surface area contributed by atoms with Crippen LogP contribution < -0.4 is 19.8 Å². The second kappa shape index (κ2) is 8.64. The van der Waals surface area contributed by atoms with Crippen molar-refractivity contribution in [1.29, 1.82) is 0 Å². The number of anilines is 1. The lowest BCUT2D eigenvalue weighted by Gasteiger charge is -2.25. The molecule has 1 aliphatic rings. The van der Waals surface area contributed by atoms with Crippen LogP contribution >= 0.6 is 22.7 Å². The summed E-state index contributed by atoms with van der Waals surface area (Å²) in [7, 11) is 3.94. The fourth-order valence-corrected chi connectivity index (χ4v) is 5.33. The number of carbonyl (C=O) groups excluding carboxylic acids is 1. The van der Waals surface area contributed by atoms with E-state index >= 15 is 0 Å². The first-order valence-corrected chi connectivity index (χ1v) is 11.6. The largest absolute Gasteiger partial charge is 0.463 e. The summed E-state index contributed by atoms with van der Waals surface area (Å²) in [5.74, 6) is -0.446. The molecule has 0 radical (unpaired) electrons. The number of rotatable bonds is 5. The monoisotopic (exact) mass is 453 g/mol. The van der Waals surface area contributed by atoms with E-state index in [4.69, 9.17) is 4.74 Å². The molecule has 1 atom stereocenters. The maximum atomic E-state index is 13.4. The number of allylic oxidation sites excluding steroid dienone is 1. The molecule has 0 saturated heterocycles. The van der Waals surface area contributed by atoms with Crippen molar-refractivity contribution in [1.82, 2.24) is 4.57 Å². The lowest BCUT2D eigenvalue weighted by Crippen LogP contribution is -2.39. The number of nitrogens with zero attached hydrogens (tertiary/aromatic N) is 3. The summed E-state index contributed by atoms with van der Waals surface area (Å²) in [6.07, 6.45) is 1.88. The molecule has 0 fully saturated rings. The third kappa shape index (κ3) is 4.00. The summed E-state index contributed by atoms with van der Waals surface area (Å²) in [6.45, 7) is 3.82. The van der Waals surface area contributed by atoms with Gasteiger partial charge in [-0.05, 0) is 49.1 Å². The van der Waals surface area contributed by atoms with Crippen LogP contribution in [0.1, 0.15) is 30.3 Å². The normalized spacial score (nSPS) is 16.1. The van der Waals surface area contributed by atoms with Gasteiger partial charge in [-0.2, -0.15) is 0 Å². The Balaban J connectivity index is 1.94. The number of benzene rings is 1. The first kappa shape index (κ1) is 21.3. The smallest absolute Gasteiger partial charge is 0.338 e. The zero-order chi connectivity index (χ0) is 22.1. The molecule has 3 heterocycles. The molecule has 0 spiro atoms. The van der Waals surface area contributed by atoms with Crippen LogP contribution in [0.2, 0.25) is 0 Å². The van der Waals surface area contributed by atoms with Crippen molar-refractivity contribution in [3.63, 3.8) is 0 Å². The standard InChI is InChI=1S/C23H23N3O3S2/c1-5-29-22(28)19-14(2)24-23-26(20(19)15-8-10-16(11-9-15)25(3)4)21(27)18(31-23)13-17-7-6-12-30-17/h6-13,20H,5H2,1-4H3/b18-13+. The molecule has 1 aliphatic heterocycles. The molecule has 0 saturated carbocycles. The molecule has 8 heteroatoms. The van der Waals surface area contributed by atoms with E-state index in [1.54, 1.807) is 29.8 Å². The highest BCUT2D eigenvalue weighted by molar-refractivity contribution is 7.11. The van der Waals surface area contributed by atoms with Gasteiger partial charge >= 0.3 is 5.97 Å². The van der Waals surface area contributed by atoms with Crippen LogP contribution in [0, 0.1) is 0 Å². The zero-order valence-corrected chi connectivity index (χ0v) is 19.4. The van der Waals surface area contributed by atoms with Gasteiger partial charge in [0.25, 0.3) is 5.56 Å². The summed E-state index contributed by atoms with van der Waals surface area (Å²) in [6, 6.07) is 11.2. The third-order valence-corrected chi connectivity index (χ3v) is 6.86. The highest BCUT2D eigenvalue weighted by Gasteiger charge is 2.33. The minimum atomic E-state index is -0.586. The molecule has 31 heavy (non-hydrogen) atoms. The Morgan fingerprint density at radius 2 is 2.00 bits per heavy atom. The average Bonchev–Trinajstić information content (AvgIpc) is 3.35. The lowest BCUT2D eigenvalue weighted by atomic mass is 9.95. The van der Waals surface area contributed by atoms with Gasteiger partial charge in [-0.1, -0.05) is 29.5 Å². The Morgan fingerprint density at radius 1 is 1.26 bits per heavy atom. The molecule has 1 unspecified atom stereocenters. The Bertz CT molecular complexity index is 1310. The minimum absolute atomic E-state index is 0.159. The van der Waals surface area contributed by atoms with Crippen molar-refractivity contribution in [2.45, 2.75) is 19.9 Å². The first-order chi connectivity index (χ1) is 14.9. The number of hydrogen-bond donors (Lipinski definition) is 0. The molecule has 3 aromatic rings. The highest BCUT2D eigenvalue weighted by Crippen LogP contribution is 2.31. The Labute approximate surface area is 188 Å². The van der Waals surface area contributed by atoms with Crippen LogP contribution in [0.3, 0.4) is 0 Å². The highest BCUT2D eigenvalue weighted by atomic mass is 32.1.